The van der Waals surface area contributed by atoms with Crippen LogP contribution in [0, 0.1) is 17.1 Å². The number of rotatable bonds is 4. The lowest BCUT2D eigenvalue weighted by Gasteiger charge is -2.44. The summed E-state index contributed by atoms with van der Waals surface area (Å²) in [6, 6.07) is 15.4. The molecular formula is C28H24F4N6O. The fourth-order valence-electron chi connectivity index (χ4n) is 5.15. The van der Waals surface area contributed by atoms with E-state index >= 15 is 0 Å². The van der Waals surface area contributed by atoms with Crippen molar-refractivity contribution in [3.05, 3.63) is 99.5 Å². The van der Waals surface area contributed by atoms with Crippen molar-refractivity contribution in [3.63, 3.8) is 0 Å². The van der Waals surface area contributed by atoms with Gasteiger partial charge in [-0.05, 0) is 48.9 Å². The number of aromatic nitrogens is 3. The van der Waals surface area contributed by atoms with Crippen LogP contribution in [-0.4, -0.2) is 45.1 Å². The first kappa shape index (κ1) is 26.3. The maximum atomic E-state index is 13.7. The molecule has 1 fully saturated rings. The minimum atomic E-state index is -4.61. The van der Waals surface area contributed by atoms with Crippen molar-refractivity contribution >= 4 is 16.7 Å². The maximum absolute atomic E-state index is 13.7. The largest absolute Gasteiger partial charge is 0.433 e. The number of hydrogen-bond acceptors (Lipinski definition) is 6. The van der Waals surface area contributed by atoms with Gasteiger partial charge in [-0.25, -0.2) is 14.4 Å². The van der Waals surface area contributed by atoms with Crippen molar-refractivity contribution in [2.45, 2.75) is 25.2 Å². The summed E-state index contributed by atoms with van der Waals surface area (Å²) in [4.78, 5) is 25.2. The van der Waals surface area contributed by atoms with Crippen LogP contribution in [0.15, 0.2) is 65.5 Å². The normalized spacial score (nSPS) is 17.3. The fourth-order valence-corrected chi connectivity index (χ4v) is 5.15. The van der Waals surface area contributed by atoms with Gasteiger partial charge in [0.1, 0.15) is 28.8 Å². The van der Waals surface area contributed by atoms with Crippen LogP contribution in [0.2, 0.25) is 0 Å². The summed E-state index contributed by atoms with van der Waals surface area (Å²) in [6.07, 6.45) is -4.61. The standard InChI is InChI=1S/C28H24F4N6O/c1-17-16-37(12-13-38(17)23-14-25(39)36(2)22-11-10-20(15-33)34-26(22)23)27(18-6-8-19(29)9-7-18)21-4-3-5-24(35-21)28(30,31)32/h3-11,14,17,27H,12-13,16H2,1-2H3/t17-,27?/m0/s1. The number of piperazine rings is 1. The summed E-state index contributed by atoms with van der Waals surface area (Å²) >= 11 is 0. The molecule has 0 bridgehead atoms. The molecule has 4 heterocycles. The fraction of sp³-hybridized carbons (Fsp3) is 0.286. The molecule has 7 nitrogen and oxygen atoms in total. The summed E-state index contributed by atoms with van der Waals surface area (Å²) in [7, 11) is 1.64. The van der Waals surface area contributed by atoms with Crippen molar-refractivity contribution < 1.29 is 17.6 Å². The molecule has 1 aliphatic rings. The van der Waals surface area contributed by atoms with Crippen LogP contribution < -0.4 is 10.5 Å². The van der Waals surface area contributed by atoms with Crippen molar-refractivity contribution in [1.82, 2.24) is 19.4 Å². The van der Waals surface area contributed by atoms with Crippen LogP contribution in [0.25, 0.3) is 11.0 Å². The van der Waals surface area contributed by atoms with Gasteiger partial charge in [0, 0.05) is 38.8 Å². The molecule has 0 radical (unpaired) electrons. The number of benzene rings is 1. The second kappa shape index (κ2) is 10.1. The average Bonchev–Trinajstić information content (AvgIpc) is 2.92. The van der Waals surface area contributed by atoms with Gasteiger partial charge in [0.2, 0.25) is 0 Å². The Morgan fingerprint density at radius 1 is 1.05 bits per heavy atom. The molecule has 5 rings (SSSR count). The molecular weight excluding hydrogens is 512 g/mol. The Morgan fingerprint density at radius 2 is 1.79 bits per heavy atom. The predicted molar refractivity (Wildman–Crippen MR) is 138 cm³/mol. The lowest BCUT2D eigenvalue weighted by molar-refractivity contribution is -0.141. The van der Waals surface area contributed by atoms with Crippen molar-refractivity contribution in [3.8, 4) is 6.07 Å². The van der Waals surface area contributed by atoms with E-state index in [1.807, 2.05) is 22.8 Å². The number of halogens is 4. The molecule has 1 aromatic carbocycles. The molecule has 1 saturated heterocycles. The van der Waals surface area contributed by atoms with Gasteiger partial charge < -0.3 is 9.47 Å². The minimum absolute atomic E-state index is 0.185. The molecule has 0 spiro atoms. The summed E-state index contributed by atoms with van der Waals surface area (Å²) in [6.45, 7) is 3.21. The van der Waals surface area contributed by atoms with Crippen molar-refractivity contribution in [2.24, 2.45) is 7.05 Å². The number of nitrogens with zero attached hydrogens (tertiary/aromatic N) is 6. The van der Waals surface area contributed by atoms with E-state index in [2.05, 4.69) is 9.97 Å². The molecule has 0 aliphatic carbocycles. The van der Waals surface area contributed by atoms with Gasteiger partial charge in [-0.1, -0.05) is 18.2 Å². The zero-order valence-corrected chi connectivity index (χ0v) is 21.2. The number of aryl methyl sites for hydroxylation is 1. The Bertz CT molecular complexity index is 1630. The lowest BCUT2D eigenvalue weighted by atomic mass is 9.98. The molecule has 4 aromatic rings. The van der Waals surface area contributed by atoms with E-state index in [0.29, 0.717) is 41.9 Å². The number of fused-ring (bicyclic) bond motifs is 1. The molecule has 3 aromatic heterocycles. The van der Waals surface area contributed by atoms with Crippen LogP contribution in [0.4, 0.5) is 23.2 Å². The summed E-state index contributed by atoms with van der Waals surface area (Å²) in [5.41, 5.74) is 1.52. The zero-order valence-electron chi connectivity index (χ0n) is 21.2. The van der Waals surface area contributed by atoms with Gasteiger partial charge in [-0.2, -0.15) is 18.4 Å². The number of alkyl halides is 3. The van der Waals surface area contributed by atoms with Crippen molar-refractivity contribution in [1.29, 1.82) is 5.26 Å². The molecule has 1 unspecified atom stereocenters. The number of anilines is 1. The molecule has 1 aliphatic heterocycles. The molecule has 2 atom stereocenters. The quantitative estimate of drug-likeness (QED) is 0.353. The molecule has 200 valence electrons. The van der Waals surface area contributed by atoms with E-state index in [1.54, 1.807) is 37.4 Å². The van der Waals surface area contributed by atoms with Gasteiger partial charge in [-0.3, -0.25) is 9.69 Å². The van der Waals surface area contributed by atoms with Crippen LogP contribution in [-0.2, 0) is 13.2 Å². The highest BCUT2D eigenvalue weighted by atomic mass is 19.4. The molecule has 0 amide bonds. The minimum Gasteiger partial charge on any atom is -0.364 e. The van der Waals surface area contributed by atoms with Crippen LogP contribution in [0.5, 0.6) is 0 Å². The topological polar surface area (TPSA) is 78.0 Å². The second-order valence-electron chi connectivity index (χ2n) is 9.54. The van der Waals surface area contributed by atoms with E-state index in [9.17, 15) is 27.6 Å². The van der Waals surface area contributed by atoms with Crippen LogP contribution in [0.3, 0.4) is 0 Å². The monoisotopic (exact) mass is 536 g/mol. The average molecular weight is 537 g/mol. The van der Waals surface area contributed by atoms with Gasteiger partial charge >= 0.3 is 6.18 Å². The van der Waals surface area contributed by atoms with Crippen LogP contribution in [0.1, 0.15) is 35.6 Å². The Labute approximate surface area is 221 Å². The number of hydrogen-bond donors (Lipinski definition) is 0. The SMILES string of the molecule is C[C@H]1CN(C(c2ccc(F)cc2)c2cccc(C(F)(F)F)n2)CCN1c1cc(=O)n(C)c2ccc(C#N)nc12. The van der Waals surface area contributed by atoms with Gasteiger partial charge in [0.15, 0.2) is 0 Å². The Balaban J connectivity index is 1.53. The summed E-state index contributed by atoms with van der Waals surface area (Å²) < 4.78 is 55.7. The van der Waals surface area contributed by atoms with Crippen LogP contribution >= 0.6 is 0 Å². The van der Waals surface area contributed by atoms with Gasteiger partial charge in [-0.15, -0.1) is 0 Å². The van der Waals surface area contributed by atoms with Gasteiger partial charge in [0.05, 0.1) is 22.9 Å². The van der Waals surface area contributed by atoms with E-state index < -0.39 is 23.7 Å². The highest BCUT2D eigenvalue weighted by Crippen LogP contribution is 2.35. The van der Waals surface area contributed by atoms with E-state index in [-0.39, 0.29) is 23.0 Å². The third kappa shape index (κ3) is 5.07. The maximum Gasteiger partial charge on any atom is 0.433 e. The number of nitriles is 1. The third-order valence-corrected chi connectivity index (χ3v) is 7.04. The predicted octanol–water partition coefficient (Wildman–Crippen LogP) is 4.66. The van der Waals surface area contributed by atoms with E-state index in [4.69, 9.17) is 0 Å². The second-order valence-corrected chi connectivity index (χ2v) is 9.54. The molecule has 39 heavy (non-hydrogen) atoms. The summed E-state index contributed by atoms with van der Waals surface area (Å²) in [5.74, 6) is -0.450. The highest BCUT2D eigenvalue weighted by molar-refractivity contribution is 5.89. The summed E-state index contributed by atoms with van der Waals surface area (Å²) in [5, 5.41) is 9.37. The third-order valence-electron chi connectivity index (χ3n) is 7.04. The Kier molecular flexibility index (Phi) is 6.82. The lowest BCUT2D eigenvalue weighted by Crippen LogP contribution is -2.53. The van der Waals surface area contributed by atoms with Crippen molar-refractivity contribution in [2.75, 3.05) is 24.5 Å². The zero-order chi connectivity index (χ0) is 27.9. The van der Waals surface area contributed by atoms with Gasteiger partial charge in [0.25, 0.3) is 5.56 Å². The molecule has 0 saturated carbocycles. The first-order valence-electron chi connectivity index (χ1n) is 12.3. The van der Waals surface area contributed by atoms with E-state index in [0.717, 1.165) is 6.07 Å². The molecule has 11 heteroatoms. The Morgan fingerprint density at radius 3 is 2.46 bits per heavy atom. The van der Waals surface area contributed by atoms with E-state index in [1.165, 1.54) is 28.8 Å². The number of pyridine rings is 3. The highest BCUT2D eigenvalue weighted by Gasteiger charge is 2.36. The molecule has 0 N–H and O–H groups in total. The first-order valence-corrected chi connectivity index (χ1v) is 12.3. The first-order chi connectivity index (χ1) is 18.6. The smallest absolute Gasteiger partial charge is 0.364 e. The Hall–Kier alpha value is -4.30.